The number of hydrogen-bond donors (Lipinski definition) is 1. The maximum atomic E-state index is 13.2. The molecule has 1 heterocycles. The number of nitrogens with zero attached hydrogens (tertiary/aromatic N) is 2. The number of rotatable bonds is 7. The molecule has 1 aliphatic heterocycles. The van der Waals surface area contributed by atoms with E-state index in [-0.39, 0.29) is 46.1 Å². The Balaban J connectivity index is 1.66. The van der Waals surface area contributed by atoms with Gasteiger partial charge in [-0.25, -0.2) is 17.5 Å². The molecule has 3 rings (SSSR count). The van der Waals surface area contributed by atoms with Crippen LogP contribution in [-0.2, 0) is 26.2 Å². The fourth-order valence-electron chi connectivity index (χ4n) is 3.87. The van der Waals surface area contributed by atoms with Crippen molar-refractivity contribution in [2.24, 2.45) is 0 Å². The van der Waals surface area contributed by atoms with Gasteiger partial charge in [0.05, 0.1) is 0 Å². The summed E-state index contributed by atoms with van der Waals surface area (Å²) >= 11 is 5.93. The van der Waals surface area contributed by atoms with Crippen LogP contribution in [0.15, 0.2) is 47.4 Å². The van der Waals surface area contributed by atoms with Gasteiger partial charge in [-0.15, -0.1) is 0 Å². The summed E-state index contributed by atoms with van der Waals surface area (Å²) in [5.74, 6) is -1.42. The first-order chi connectivity index (χ1) is 16.0. The first kappa shape index (κ1) is 25.9. The minimum absolute atomic E-state index is 0.0523. The molecule has 2 aromatic rings. The van der Waals surface area contributed by atoms with Gasteiger partial charge in [0.25, 0.3) is 15.9 Å². The molecule has 0 saturated carbocycles. The van der Waals surface area contributed by atoms with E-state index in [0.717, 1.165) is 18.6 Å². The molecule has 0 bridgehead atoms. The predicted molar refractivity (Wildman–Crippen MR) is 125 cm³/mol. The molecule has 0 aromatic heterocycles. The van der Waals surface area contributed by atoms with E-state index in [9.17, 15) is 22.4 Å². The Labute approximate surface area is 203 Å². The van der Waals surface area contributed by atoms with Crippen LogP contribution in [0.4, 0.5) is 4.39 Å². The van der Waals surface area contributed by atoms with Crippen molar-refractivity contribution in [2.45, 2.75) is 44.3 Å². The third-order valence-corrected chi connectivity index (χ3v) is 7.25. The van der Waals surface area contributed by atoms with E-state index in [4.69, 9.17) is 16.3 Å². The number of hydrogen-bond acceptors (Lipinski definition) is 6. The van der Waals surface area contributed by atoms with Gasteiger partial charge in [0, 0.05) is 43.7 Å². The first-order valence-corrected chi connectivity index (χ1v) is 12.6. The zero-order chi connectivity index (χ0) is 25.0. The molecule has 34 heavy (non-hydrogen) atoms. The largest absolute Gasteiger partial charge is 0.482 e. The van der Waals surface area contributed by atoms with Crippen molar-refractivity contribution in [3.63, 3.8) is 0 Å². The Morgan fingerprint density at radius 3 is 2.44 bits per heavy atom. The molecular formula is C23H27ClFN3O5S. The van der Waals surface area contributed by atoms with Crippen molar-refractivity contribution in [3.8, 4) is 5.75 Å². The Morgan fingerprint density at radius 2 is 1.79 bits per heavy atom. The molecule has 0 radical (unpaired) electrons. The van der Waals surface area contributed by atoms with Crippen LogP contribution >= 0.6 is 11.6 Å². The second-order valence-electron chi connectivity index (χ2n) is 8.34. The molecule has 1 N–H and O–H groups in total. The summed E-state index contributed by atoms with van der Waals surface area (Å²) in [5, 5.41) is 0.141. The second-order valence-corrected chi connectivity index (χ2v) is 10.4. The molecule has 8 nitrogen and oxygen atoms in total. The van der Waals surface area contributed by atoms with Crippen molar-refractivity contribution < 1.29 is 27.1 Å². The van der Waals surface area contributed by atoms with Crippen LogP contribution in [0.2, 0.25) is 5.02 Å². The highest BCUT2D eigenvalue weighted by atomic mass is 35.5. The molecule has 1 fully saturated rings. The standard InChI is InChI=1S/C23H27ClFN3O5S/c1-15-12-28(16(2)11-27(15)13-18-4-7-20(25)8-5-18)23(30)14-33-21-9-6-19(24)10-22(21)34(31,32)26-17(3)29/h4-10,15-16H,11-14H2,1-3H3,(H,26,29)/t15-,16+/m0/s1. The van der Waals surface area contributed by atoms with Crippen LogP contribution < -0.4 is 9.46 Å². The topological polar surface area (TPSA) is 96.0 Å². The third kappa shape index (κ3) is 6.46. The number of nitrogens with one attached hydrogen (secondary N) is 1. The number of carbonyl (C=O) groups is 2. The monoisotopic (exact) mass is 511 g/mol. The van der Waals surface area contributed by atoms with Crippen molar-refractivity contribution >= 4 is 33.4 Å². The minimum Gasteiger partial charge on any atom is -0.482 e. The number of amides is 2. The summed E-state index contributed by atoms with van der Waals surface area (Å²) in [4.78, 5) is 27.8. The lowest BCUT2D eigenvalue weighted by molar-refractivity contribution is -0.139. The zero-order valence-corrected chi connectivity index (χ0v) is 20.7. The summed E-state index contributed by atoms with van der Waals surface area (Å²) in [6.07, 6.45) is 0. The number of carbonyl (C=O) groups excluding carboxylic acids is 2. The van der Waals surface area contributed by atoms with Crippen molar-refractivity contribution in [1.29, 1.82) is 0 Å². The van der Waals surface area contributed by atoms with Crippen molar-refractivity contribution in [1.82, 2.24) is 14.5 Å². The van der Waals surface area contributed by atoms with Crippen LogP contribution in [0.5, 0.6) is 5.75 Å². The number of ether oxygens (including phenoxy) is 1. The highest BCUT2D eigenvalue weighted by molar-refractivity contribution is 7.90. The fraction of sp³-hybridized carbons (Fsp3) is 0.391. The summed E-state index contributed by atoms with van der Waals surface area (Å²) < 4.78 is 45.5. The molecule has 2 aromatic carbocycles. The average molecular weight is 512 g/mol. The van der Waals surface area contributed by atoms with Gasteiger partial charge in [-0.2, -0.15) is 0 Å². The van der Waals surface area contributed by atoms with Gasteiger partial charge in [-0.1, -0.05) is 23.7 Å². The highest BCUT2D eigenvalue weighted by Gasteiger charge is 2.32. The van der Waals surface area contributed by atoms with E-state index in [0.29, 0.717) is 19.6 Å². The molecule has 1 saturated heterocycles. The number of benzene rings is 2. The maximum absolute atomic E-state index is 13.2. The number of piperazine rings is 1. The van der Waals surface area contributed by atoms with Crippen LogP contribution in [0.25, 0.3) is 0 Å². The highest BCUT2D eigenvalue weighted by Crippen LogP contribution is 2.27. The van der Waals surface area contributed by atoms with Crippen LogP contribution in [0, 0.1) is 5.82 Å². The van der Waals surface area contributed by atoms with E-state index in [1.807, 2.05) is 18.6 Å². The van der Waals surface area contributed by atoms with E-state index in [1.54, 1.807) is 17.0 Å². The molecule has 184 valence electrons. The van der Waals surface area contributed by atoms with Crippen molar-refractivity contribution in [3.05, 3.63) is 58.9 Å². The third-order valence-electron chi connectivity index (χ3n) is 5.56. The van der Waals surface area contributed by atoms with E-state index in [2.05, 4.69) is 4.90 Å². The zero-order valence-electron chi connectivity index (χ0n) is 19.1. The maximum Gasteiger partial charge on any atom is 0.267 e. The fourth-order valence-corrected chi connectivity index (χ4v) is 5.27. The lowest BCUT2D eigenvalue weighted by Crippen LogP contribution is -2.58. The summed E-state index contributed by atoms with van der Waals surface area (Å²) in [5.41, 5.74) is 0.985. The van der Waals surface area contributed by atoms with Gasteiger partial charge < -0.3 is 9.64 Å². The van der Waals surface area contributed by atoms with Gasteiger partial charge in [-0.05, 0) is 49.7 Å². The van der Waals surface area contributed by atoms with E-state index >= 15 is 0 Å². The van der Waals surface area contributed by atoms with Gasteiger partial charge in [0.2, 0.25) is 5.91 Å². The predicted octanol–water partition coefficient (Wildman–Crippen LogP) is 2.80. The van der Waals surface area contributed by atoms with Gasteiger partial charge in [-0.3, -0.25) is 14.5 Å². The normalized spacial score (nSPS) is 19.0. The molecule has 0 unspecified atom stereocenters. The van der Waals surface area contributed by atoms with Crippen LogP contribution in [0.3, 0.4) is 0 Å². The minimum atomic E-state index is -4.21. The number of sulfonamides is 1. The quantitative estimate of drug-likeness (QED) is 0.614. The lowest BCUT2D eigenvalue weighted by atomic mass is 10.1. The molecule has 0 aliphatic carbocycles. The van der Waals surface area contributed by atoms with Crippen LogP contribution in [-0.4, -0.2) is 61.8 Å². The second kappa shape index (κ2) is 10.7. The number of halogens is 2. The molecule has 2 amide bonds. The van der Waals surface area contributed by atoms with E-state index in [1.165, 1.54) is 24.3 Å². The Bertz CT molecular complexity index is 1160. The van der Waals surface area contributed by atoms with E-state index < -0.39 is 15.9 Å². The summed E-state index contributed by atoms with van der Waals surface area (Å²) in [6, 6.07) is 10.2. The SMILES string of the molecule is CC(=O)NS(=O)(=O)c1cc(Cl)ccc1OCC(=O)N1C[C@H](C)N(Cc2ccc(F)cc2)C[C@H]1C. The van der Waals surface area contributed by atoms with Gasteiger partial charge in [0.15, 0.2) is 6.61 Å². The molecular weight excluding hydrogens is 485 g/mol. The Morgan fingerprint density at radius 1 is 1.12 bits per heavy atom. The Kier molecular flexibility index (Phi) is 8.17. The average Bonchev–Trinajstić information content (AvgIpc) is 2.75. The smallest absolute Gasteiger partial charge is 0.267 e. The van der Waals surface area contributed by atoms with Gasteiger partial charge >= 0.3 is 0 Å². The summed E-state index contributed by atoms with van der Waals surface area (Å²) in [7, 11) is -4.21. The Hall–Kier alpha value is -2.69. The molecule has 2 atom stereocenters. The molecule has 0 spiro atoms. The van der Waals surface area contributed by atoms with Crippen molar-refractivity contribution in [2.75, 3.05) is 19.7 Å². The lowest BCUT2D eigenvalue weighted by Gasteiger charge is -2.44. The van der Waals surface area contributed by atoms with Crippen LogP contribution in [0.1, 0.15) is 26.3 Å². The molecule has 1 aliphatic rings. The molecule has 11 heteroatoms. The summed E-state index contributed by atoms with van der Waals surface area (Å²) in [6.45, 7) is 6.35. The first-order valence-electron chi connectivity index (χ1n) is 10.7. The van der Waals surface area contributed by atoms with Gasteiger partial charge in [0.1, 0.15) is 16.5 Å².